The molecular weight excluding hydrogens is 421 g/mol. The van der Waals surface area contributed by atoms with E-state index in [2.05, 4.69) is 5.43 Å². The van der Waals surface area contributed by atoms with Crippen molar-refractivity contribution >= 4 is 23.2 Å². The molecule has 1 saturated carbocycles. The van der Waals surface area contributed by atoms with Gasteiger partial charge in [0, 0.05) is 26.7 Å². The average molecular weight is 447 g/mol. The van der Waals surface area contributed by atoms with Gasteiger partial charge in [0.2, 0.25) is 0 Å². The van der Waals surface area contributed by atoms with E-state index < -0.39 is 18.1 Å². The zero-order valence-corrected chi connectivity index (χ0v) is 17.6. The van der Waals surface area contributed by atoms with E-state index in [-0.39, 0.29) is 24.4 Å². The number of alkyl halides is 3. The standard InChI is InChI=1S/C20H26ClF3N4O2/c1-27-17(20(22,23)24)10-16(26-27)19(29)28(13-6-8-14(30-2)9-7-13)11-12-4-3-5-15(25)18(12)21/h3-5,10,13-14,17,26H,6-9,11,25H2,1-2H3. The van der Waals surface area contributed by atoms with Crippen LogP contribution in [0.5, 0.6) is 0 Å². The van der Waals surface area contributed by atoms with E-state index in [1.54, 1.807) is 30.2 Å². The van der Waals surface area contributed by atoms with Crippen LogP contribution in [-0.4, -0.2) is 54.3 Å². The summed E-state index contributed by atoms with van der Waals surface area (Å²) in [4.78, 5) is 14.9. The van der Waals surface area contributed by atoms with E-state index in [1.165, 1.54) is 7.05 Å². The molecule has 2 aliphatic rings. The molecule has 10 heteroatoms. The summed E-state index contributed by atoms with van der Waals surface area (Å²) in [7, 11) is 2.92. The normalized spacial score (nSPS) is 25.0. The molecule has 0 spiro atoms. The highest BCUT2D eigenvalue weighted by Crippen LogP contribution is 2.32. The van der Waals surface area contributed by atoms with Gasteiger partial charge in [-0.15, -0.1) is 0 Å². The van der Waals surface area contributed by atoms with Crippen molar-refractivity contribution in [2.24, 2.45) is 0 Å². The van der Waals surface area contributed by atoms with Crippen LogP contribution in [0.25, 0.3) is 0 Å². The van der Waals surface area contributed by atoms with Crippen LogP contribution in [0, 0.1) is 0 Å². The van der Waals surface area contributed by atoms with Gasteiger partial charge in [0.1, 0.15) is 11.7 Å². The molecular formula is C20H26ClF3N4O2. The Balaban J connectivity index is 1.87. The van der Waals surface area contributed by atoms with Crippen LogP contribution in [0.15, 0.2) is 30.0 Å². The van der Waals surface area contributed by atoms with Crippen LogP contribution < -0.4 is 11.2 Å². The number of nitrogen functional groups attached to an aromatic ring is 1. The van der Waals surface area contributed by atoms with Crippen molar-refractivity contribution < 1.29 is 22.7 Å². The molecule has 1 aliphatic carbocycles. The first-order valence-corrected chi connectivity index (χ1v) is 10.1. The minimum atomic E-state index is -4.48. The number of nitrogens with two attached hydrogens (primary N) is 1. The first-order valence-electron chi connectivity index (χ1n) is 9.76. The molecule has 1 heterocycles. The number of benzene rings is 1. The van der Waals surface area contributed by atoms with Crippen molar-refractivity contribution in [1.82, 2.24) is 15.3 Å². The second-order valence-electron chi connectivity index (χ2n) is 7.71. The summed E-state index contributed by atoms with van der Waals surface area (Å²) in [5.74, 6) is -0.493. The third-order valence-electron chi connectivity index (χ3n) is 5.73. The monoisotopic (exact) mass is 446 g/mol. The number of halogens is 4. The molecule has 1 aromatic rings. The third kappa shape index (κ3) is 4.84. The maximum absolute atomic E-state index is 13.3. The molecule has 0 aromatic heterocycles. The van der Waals surface area contributed by atoms with Crippen molar-refractivity contribution in [3.05, 3.63) is 40.6 Å². The molecule has 6 nitrogen and oxygen atoms in total. The summed E-state index contributed by atoms with van der Waals surface area (Å²) in [5.41, 5.74) is 9.40. The first-order chi connectivity index (χ1) is 14.1. The summed E-state index contributed by atoms with van der Waals surface area (Å²) >= 11 is 6.32. The number of nitrogens with zero attached hydrogens (tertiary/aromatic N) is 2. The van der Waals surface area contributed by atoms with Gasteiger partial charge >= 0.3 is 6.18 Å². The topological polar surface area (TPSA) is 70.8 Å². The number of carbonyl (C=O) groups excluding carboxylic acids is 1. The smallest absolute Gasteiger partial charge is 0.398 e. The molecule has 30 heavy (non-hydrogen) atoms. The second kappa shape index (κ2) is 9.03. The lowest BCUT2D eigenvalue weighted by Crippen LogP contribution is -2.47. The second-order valence-corrected chi connectivity index (χ2v) is 8.09. The van der Waals surface area contributed by atoms with Gasteiger partial charge in [-0.1, -0.05) is 23.7 Å². The zero-order chi connectivity index (χ0) is 22.1. The number of rotatable bonds is 5. The van der Waals surface area contributed by atoms with E-state index in [0.29, 0.717) is 29.1 Å². The lowest BCUT2D eigenvalue weighted by molar-refractivity contribution is -0.168. The van der Waals surface area contributed by atoms with Gasteiger partial charge < -0.3 is 20.8 Å². The predicted molar refractivity (Wildman–Crippen MR) is 108 cm³/mol. The fraction of sp³-hybridized carbons (Fsp3) is 0.550. The number of likely N-dealkylation sites (N-methyl/N-ethyl adjacent to an activating group) is 1. The highest BCUT2D eigenvalue weighted by molar-refractivity contribution is 6.33. The van der Waals surface area contributed by atoms with Gasteiger partial charge in [-0.25, -0.2) is 5.01 Å². The van der Waals surface area contributed by atoms with Crippen molar-refractivity contribution in [3.63, 3.8) is 0 Å². The molecule has 1 atom stereocenters. The fourth-order valence-electron chi connectivity index (χ4n) is 4.02. The summed E-state index contributed by atoms with van der Waals surface area (Å²) < 4.78 is 45.1. The number of hydrogen-bond donors (Lipinski definition) is 2. The SMILES string of the molecule is COC1CCC(N(Cc2cccc(N)c2Cl)C(=O)C2=CC(C(F)(F)F)N(C)N2)CC1. The lowest BCUT2D eigenvalue weighted by atomic mass is 9.91. The van der Waals surface area contributed by atoms with Crippen LogP contribution in [0.1, 0.15) is 31.2 Å². The Kier molecular flexibility index (Phi) is 6.84. The van der Waals surface area contributed by atoms with Crippen LogP contribution in [-0.2, 0) is 16.1 Å². The molecule has 3 N–H and O–H groups in total. The summed E-state index contributed by atoms with van der Waals surface area (Å²) in [6.07, 6.45) is -0.509. The van der Waals surface area contributed by atoms with Gasteiger partial charge in [0.25, 0.3) is 5.91 Å². The number of ether oxygens (including phenoxy) is 1. The number of anilines is 1. The molecule has 0 bridgehead atoms. The van der Waals surface area contributed by atoms with Gasteiger partial charge in [-0.2, -0.15) is 13.2 Å². The number of hydrazine groups is 1. The van der Waals surface area contributed by atoms with Crippen LogP contribution in [0.4, 0.5) is 18.9 Å². The van der Waals surface area contributed by atoms with Crippen LogP contribution in [0.2, 0.25) is 5.02 Å². The number of nitrogens with one attached hydrogen (secondary N) is 1. The Bertz CT molecular complexity index is 810. The Labute approximate surface area is 178 Å². The molecule has 1 aromatic carbocycles. The molecule has 1 amide bonds. The van der Waals surface area contributed by atoms with Crippen molar-refractivity contribution in [3.8, 4) is 0 Å². The largest absolute Gasteiger partial charge is 0.409 e. The average Bonchev–Trinajstić information content (AvgIpc) is 3.11. The van der Waals surface area contributed by atoms with E-state index in [1.807, 2.05) is 0 Å². The number of amides is 1. The van der Waals surface area contributed by atoms with Crippen molar-refractivity contribution in [1.29, 1.82) is 0 Å². The minimum absolute atomic E-state index is 0.0892. The first kappa shape index (κ1) is 22.7. The Morgan fingerprint density at radius 2 is 2.00 bits per heavy atom. The Hall–Kier alpha value is -1.97. The fourth-order valence-corrected chi connectivity index (χ4v) is 4.20. The molecule has 1 aliphatic heterocycles. The van der Waals surface area contributed by atoms with Crippen LogP contribution in [0.3, 0.4) is 0 Å². The predicted octanol–water partition coefficient (Wildman–Crippen LogP) is 3.47. The van der Waals surface area contributed by atoms with Crippen LogP contribution >= 0.6 is 11.6 Å². The maximum atomic E-state index is 13.3. The quantitative estimate of drug-likeness (QED) is 0.678. The van der Waals surface area contributed by atoms with E-state index in [4.69, 9.17) is 22.1 Å². The van der Waals surface area contributed by atoms with E-state index in [9.17, 15) is 18.0 Å². The van der Waals surface area contributed by atoms with Crippen molar-refractivity contribution in [2.45, 2.75) is 56.6 Å². The molecule has 1 fully saturated rings. The highest BCUT2D eigenvalue weighted by atomic mass is 35.5. The van der Waals surface area contributed by atoms with Gasteiger partial charge in [0.05, 0.1) is 16.8 Å². The molecule has 0 radical (unpaired) electrons. The minimum Gasteiger partial charge on any atom is -0.398 e. The number of carbonyl (C=O) groups is 1. The highest BCUT2D eigenvalue weighted by Gasteiger charge is 2.46. The lowest BCUT2D eigenvalue weighted by Gasteiger charge is -2.37. The Morgan fingerprint density at radius 3 is 2.57 bits per heavy atom. The molecule has 0 saturated heterocycles. The van der Waals surface area contributed by atoms with Crippen molar-refractivity contribution in [2.75, 3.05) is 19.9 Å². The summed E-state index contributed by atoms with van der Waals surface area (Å²) in [6.45, 7) is 0.157. The van der Waals surface area contributed by atoms with Gasteiger partial charge in [0.15, 0.2) is 0 Å². The summed E-state index contributed by atoms with van der Waals surface area (Å²) in [6, 6.07) is 3.16. The van der Waals surface area contributed by atoms with E-state index >= 15 is 0 Å². The summed E-state index contributed by atoms with van der Waals surface area (Å²) in [5, 5.41) is 1.24. The van der Waals surface area contributed by atoms with Gasteiger partial charge in [-0.05, 0) is 43.4 Å². The Morgan fingerprint density at radius 1 is 1.33 bits per heavy atom. The zero-order valence-electron chi connectivity index (χ0n) is 16.9. The molecule has 166 valence electrons. The van der Waals surface area contributed by atoms with Gasteiger partial charge in [-0.3, -0.25) is 4.79 Å². The molecule has 3 rings (SSSR count). The maximum Gasteiger partial charge on any atom is 0.409 e. The van der Waals surface area contributed by atoms with E-state index in [0.717, 1.165) is 23.9 Å². The third-order valence-corrected chi connectivity index (χ3v) is 6.19. The number of hydrogen-bond acceptors (Lipinski definition) is 5. The molecule has 1 unspecified atom stereocenters. The number of methoxy groups -OCH3 is 1.